The van der Waals surface area contributed by atoms with Crippen molar-refractivity contribution in [3.8, 4) is 5.88 Å². The van der Waals surface area contributed by atoms with Crippen molar-refractivity contribution in [2.45, 2.75) is 18.9 Å². The van der Waals surface area contributed by atoms with Gasteiger partial charge in [0.15, 0.2) is 0 Å². The molecule has 1 aliphatic rings. The Kier molecular flexibility index (Phi) is 6.72. The Balaban J connectivity index is 2.25. The minimum Gasteiger partial charge on any atom is -0.477 e. The Morgan fingerprint density at radius 3 is 2.96 bits per heavy atom. The van der Waals surface area contributed by atoms with Crippen LogP contribution in [0.15, 0.2) is 18.3 Å². The molecule has 1 N–H and O–H groups in total. The highest BCUT2D eigenvalue weighted by molar-refractivity contribution is 5.96. The number of nitrogens with zero attached hydrogens (tertiary/aromatic N) is 2. The summed E-state index contributed by atoms with van der Waals surface area (Å²) in [6.07, 6.45) is 1.69. The normalized spacial score (nSPS) is 20.7. The third-order valence-electron chi connectivity index (χ3n) is 4.11. The predicted octanol–water partition coefficient (Wildman–Crippen LogP) is 0.474. The zero-order valence-electron chi connectivity index (χ0n) is 14.9. The molecule has 8 heteroatoms. The first-order chi connectivity index (χ1) is 12.0. The van der Waals surface area contributed by atoms with Crippen LogP contribution in [0, 0.1) is 0 Å². The van der Waals surface area contributed by atoms with Crippen LogP contribution in [-0.4, -0.2) is 74.4 Å². The van der Waals surface area contributed by atoms with Crippen molar-refractivity contribution in [2.24, 2.45) is 0 Å². The summed E-state index contributed by atoms with van der Waals surface area (Å²) in [4.78, 5) is 30.6. The average molecular weight is 351 g/mol. The second kappa shape index (κ2) is 8.77. The van der Waals surface area contributed by atoms with Crippen LogP contribution in [0.1, 0.15) is 23.7 Å². The van der Waals surface area contributed by atoms with E-state index in [4.69, 9.17) is 14.2 Å². The Bertz CT molecular complexity index is 610. The highest BCUT2D eigenvalue weighted by atomic mass is 16.5. The number of carbonyl (C=O) groups excluding carboxylic acids is 2. The van der Waals surface area contributed by atoms with Gasteiger partial charge < -0.3 is 24.4 Å². The summed E-state index contributed by atoms with van der Waals surface area (Å²) in [5.41, 5.74) is -0.503. The maximum atomic E-state index is 13.0. The lowest BCUT2D eigenvalue weighted by Crippen LogP contribution is -2.50. The highest BCUT2D eigenvalue weighted by Crippen LogP contribution is 2.24. The van der Waals surface area contributed by atoms with E-state index in [0.29, 0.717) is 31.2 Å². The molecule has 2 rings (SSSR count). The molecule has 0 saturated carbocycles. The topological polar surface area (TPSA) is 90.0 Å². The zero-order chi connectivity index (χ0) is 18.3. The minimum atomic E-state index is -0.889. The van der Waals surface area contributed by atoms with E-state index < -0.39 is 5.60 Å². The van der Waals surface area contributed by atoms with Gasteiger partial charge in [-0.1, -0.05) is 0 Å². The lowest BCUT2D eigenvalue weighted by Gasteiger charge is -2.33. The number of hydrogen-bond acceptors (Lipinski definition) is 6. The second-order valence-corrected chi connectivity index (χ2v) is 5.81. The molecule has 1 fully saturated rings. The molecule has 1 aromatic rings. The molecular formula is C17H25N3O5. The van der Waals surface area contributed by atoms with Crippen LogP contribution in [0.25, 0.3) is 0 Å². The lowest BCUT2D eigenvalue weighted by molar-refractivity contribution is -0.131. The molecule has 1 saturated heterocycles. The standard InChI is InChI=1S/C17H25N3O5/c1-4-25-15-13(6-5-7-19-15)16(22)20-8-9-24-12-17(11-20,23-3)10-14(21)18-2/h5-7H,4,8-12H2,1-3H3,(H,18,21)/t17-/m0/s1. The van der Waals surface area contributed by atoms with Gasteiger partial charge in [0, 0.05) is 26.9 Å². The predicted molar refractivity (Wildman–Crippen MR) is 90.6 cm³/mol. The molecule has 0 bridgehead atoms. The summed E-state index contributed by atoms with van der Waals surface area (Å²) in [7, 11) is 3.09. The van der Waals surface area contributed by atoms with E-state index in [9.17, 15) is 9.59 Å². The summed E-state index contributed by atoms with van der Waals surface area (Å²) < 4.78 is 16.6. The van der Waals surface area contributed by atoms with E-state index in [2.05, 4.69) is 10.3 Å². The van der Waals surface area contributed by atoms with Crippen LogP contribution in [0.4, 0.5) is 0 Å². The number of hydrogen-bond donors (Lipinski definition) is 1. The fraction of sp³-hybridized carbons (Fsp3) is 0.588. The van der Waals surface area contributed by atoms with E-state index >= 15 is 0 Å². The van der Waals surface area contributed by atoms with Gasteiger partial charge in [0.1, 0.15) is 11.2 Å². The number of aromatic nitrogens is 1. The summed E-state index contributed by atoms with van der Waals surface area (Å²) in [5.74, 6) is -0.0917. The van der Waals surface area contributed by atoms with Crippen molar-refractivity contribution in [1.82, 2.24) is 15.2 Å². The smallest absolute Gasteiger partial charge is 0.259 e. The third-order valence-corrected chi connectivity index (χ3v) is 4.11. The van der Waals surface area contributed by atoms with E-state index in [0.717, 1.165) is 0 Å². The number of rotatable bonds is 6. The maximum absolute atomic E-state index is 13.0. The number of carbonyl (C=O) groups is 2. The van der Waals surface area contributed by atoms with Crippen molar-refractivity contribution in [2.75, 3.05) is 47.1 Å². The Hall–Kier alpha value is -2.19. The molecule has 8 nitrogen and oxygen atoms in total. The van der Waals surface area contributed by atoms with Crippen molar-refractivity contribution in [1.29, 1.82) is 0 Å². The number of ether oxygens (including phenoxy) is 3. The van der Waals surface area contributed by atoms with Crippen LogP contribution in [0.3, 0.4) is 0 Å². The van der Waals surface area contributed by atoms with E-state index in [1.807, 2.05) is 6.92 Å². The summed E-state index contributed by atoms with van der Waals surface area (Å²) in [5, 5.41) is 2.59. The van der Waals surface area contributed by atoms with Gasteiger partial charge in [-0.3, -0.25) is 9.59 Å². The Labute approximate surface area is 147 Å². The van der Waals surface area contributed by atoms with E-state index in [-0.39, 0.29) is 31.4 Å². The van der Waals surface area contributed by atoms with Gasteiger partial charge in [0.2, 0.25) is 11.8 Å². The lowest BCUT2D eigenvalue weighted by atomic mass is 9.98. The number of methoxy groups -OCH3 is 1. The molecule has 1 aliphatic heterocycles. The number of pyridine rings is 1. The van der Waals surface area contributed by atoms with Gasteiger partial charge >= 0.3 is 0 Å². The molecule has 0 spiro atoms. The van der Waals surface area contributed by atoms with Crippen molar-refractivity contribution in [3.05, 3.63) is 23.9 Å². The Morgan fingerprint density at radius 2 is 2.28 bits per heavy atom. The first-order valence-corrected chi connectivity index (χ1v) is 8.26. The van der Waals surface area contributed by atoms with Crippen LogP contribution < -0.4 is 10.1 Å². The summed E-state index contributed by atoms with van der Waals surface area (Å²) in [6, 6.07) is 3.37. The highest BCUT2D eigenvalue weighted by Gasteiger charge is 2.39. The number of amides is 2. The monoisotopic (exact) mass is 351 g/mol. The van der Waals surface area contributed by atoms with Crippen LogP contribution in [-0.2, 0) is 14.3 Å². The van der Waals surface area contributed by atoms with Crippen LogP contribution in [0.2, 0.25) is 0 Å². The average Bonchev–Trinajstić information content (AvgIpc) is 2.85. The molecule has 0 aromatic carbocycles. The Morgan fingerprint density at radius 1 is 1.48 bits per heavy atom. The third kappa shape index (κ3) is 4.67. The molecule has 1 atom stereocenters. The molecular weight excluding hydrogens is 326 g/mol. The molecule has 1 aromatic heterocycles. The van der Waals surface area contributed by atoms with Crippen molar-refractivity contribution >= 4 is 11.8 Å². The van der Waals surface area contributed by atoms with Gasteiger partial charge in [-0.15, -0.1) is 0 Å². The van der Waals surface area contributed by atoms with E-state index in [1.165, 1.54) is 7.11 Å². The van der Waals surface area contributed by atoms with Gasteiger partial charge in [-0.2, -0.15) is 0 Å². The fourth-order valence-electron chi connectivity index (χ4n) is 2.74. The molecule has 0 unspecified atom stereocenters. The molecule has 138 valence electrons. The van der Waals surface area contributed by atoms with Gasteiger partial charge in [-0.05, 0) is 19.1 Å². The van der Waals surface area contributed by atoms with Gasteiger partial charge in [0.05, 0.1) is 32.8 Å². The van der Waals surface area contributed by atoms with Crippen LogP contribution >= 0.6 is 0 Å². The molecule has 0 aliphatic carbocycles. The summed E-state index contributed by atoms with van der Waals surface area (Å²) in [6.45, 7) is 3.51. The van der Waals surface area contributed by atoms with Crippen LogP contribution in [0.5, 0.6) is 5.88 Å². The van der Waals surface area contributed by atoms with Crippen molar-refractivity contribution in [3.63, 3.8) is 0 Å². The fourth-order valence-corrected chi connectivity index (χ4v) is 2.74. The second-order valence-electron chi connectivity index (χ2n) is 5.81. The minimum absolute atomic E-state index is 0.106. The first kappa shape index (κ1) is 19.1. The largest absolute Gasteiger partial charge is 0.477 e. The first-order valence-electron chi connectivity index (χ1n) is 8.26. The zero-order valence-corrected chi connectivity index (χ0v) is 14.9. The maximum Gasteiger partial charge on any atom is 0.259 e. The molecule has 2 amide bonds. The quantitative estimate of drug-likeness (QED) is 0.801. The van der Waals surface area contributed by atoms with E-state index in [1.54, 1.807) is 30.3 Å². The summed E-state index contributed by atoms with van der Waals surface area (Å²) >= 11 is 0. The SMILES string of the molecule is CCOc1ncccc1C(=O)N1CCOC[C@@](CC(=O)NC)(OC)C1. The molecule has 0 radical (unpaired) electrons. The van der Waals surface area contributed by atoms with Gasteiger partial charge in [-0.25, -0.2) is 4.98 Å². The molecule has 25 heavy (non-hydrogen) atoms. The van der Waals surface area contributed by atoms with Gasteiger partial charge in [0.25, 0.3) is 5.91 Å². The number of nitrogens with one attached hydrogen (secondary N) is 1. The van der Waals surface area contributed by atoms with Crippen molar-refractivity contribution < 1.29 is 23.8 Å². The molecule has 2 heterocycles.